The molecule has 4 aliphatic carbocycles. The van der Waals surface area contributed by atoms with Crippen LogP contribution in [0, 0.1) is 38.0 Å². The summed E-state index contributed by atoms with van der Waals surface area (Å²) < 4.78 is 7.58. The third-order valence-corrected chi connectivity index (χ3v) is 10.1. The lowest BCUT2D eigenvalue weighted by molar-refractivity contribution is -0.0731. The molecule has 0 aromatic carbocycles. The van der Waals surface area contributed by atoms with Gasteiger partial charge in [0.05, 0.1) is 11.1 Å². The molecule has 0 aliphatic heterocycles. The van der Waals surface area contributed by atoms with Crippen LogP contribution in [-0.2, 0) is 18.3 Å². The van der Waals surface area contributed by atoms with Crippen molar-refractivity contribution in [2.24, 2.45) is 17.3 Å². The number of thiophene rings is 1. The molecule has 4 aromatic rings. The van der Waals surface area contributed by atoms with E-state index in [0.717, 1.165) is 52.4 Å². The zero-order valence-corrected chi connectivity index (χ0v) is 20.8. The predicted octanol–water partition coefficient (Wildman–Crippen LogP) is 5.90. The quantitative estimate of drug-likeness (QED) is 0.379. The predicted molar refractivity (Wildman–Crippen MR) is 129 cm³/mol. The van der Waals surface area contributed by atoms with Gasteiger partial charge in [-0.2, -0.15) is 0 Å². The fraction of sp³-hybridized carbons (Fsp3) is 0.615. The lowest BCUT2D eigenvalue weighted by Crippen LogP contribution is -2.55. The maximum Gasteiger partial charge on any atom is 0.167 e. The Morgan fingerprint density at radius 3 is 2.64 bits per heavy atom. The van der Waals surface area contributed by atoms with Crippen LogP contribution in [0.2, 0.25) is 0 Å². The van der Waals surface area contributed by atoms with Gasteiger partial charge in [-0.15, -0.1) is 16.4 Å². The summed E-state index contributed by atoms with van der Waals surface area (Å²) in [6.07, 6.45) is 11.7. The number of rotatable bonds is 4. The SMILES string of the molecule is CCc1c(C)sc2ncn3nc(CC45CC6CC(C4)CC(c4c(C)noc4C)(C6)C5)nc3c12. The van der Waals surface area contributed by atoms with E-state index >= 15 is 0 Å². The molecule has 172 valence electrons. The van der Waals surface area contributed by atoms with Crippen molar-refractivity contribution in [1.82, 2.24) is 24.7 Å². The summed E-state index contributed by atoms with van der Waals surface area (Å²) in [5.74, 6) is 3.63. The minimum Gasteiger partial charge on any atom is -0.361 e. The second-order valence-electron chi connectivity index (χ2n) is 11.3. The Kier molecular flexibility index (Phi) is 4.05. The molecule has 4 fully saturated rings. The minimum absolute atomic E-state index is 0.228. The van der Waals surface area contributed by atoms with Gasteiger partial charge in [-0.1, -0.05) is 12.1 Å². The lowest BCUT2D eigenvalue weighted by Gasteiger charge is -2.62. The highest BCUT2D eigenvalue weighted by Gasteiger charge is 2.59. The highest BCUT2D eigenvalue weighted by Crippen LogP contribution is 2.67. The Labute approximate surface area is 197 Å². The van der Waals surface area contributed by atoms with Gasteiger partial charge in [0.15, 0.2) is 11.5 Å². The van der Waals surface area contributed by atoms with Crippen molar-refractivity contribution >= 4 is 27.2 Å². The van der Waals surface area contributed by atoms with Crippen molar-refractivity contribution in [1.29, 1.82) is 0 Å². The second-order valence-corrected chi connectivity index (χ2v) is 12.5. The Balaban J connectivity index is 1.30. The van der Waals surface area contributed by atoms with Crippen LogP contribution in [0.25, 0.3) is 15.9 Å². The first-order valence-corrected chi connectivity index (χ1v) is 13.3. The van der Waals surface area contributed by atoms with Gasteiger partial charge in [0, 0.05) is 22.3 Å². The first kappa shape index (κ1) is 20.1. The molecule has 0 spiro atoms. The van der Waals surface area contributed by atoms with E-state index in [-0.39, 0.29) is 10.8 Å². The zero-order valence-electron chi connectivity index (χ0n) is 19.9. The molecule has 0 N–H and O–H groups in total. The van der Waals surface area contributed by atoms with E-state index in [1.54, 1.807) is 11.3 Å². The minimum atomic E-state index is 0.228. The summed E-state index contributed by atoms with van der Waals surface area (Å²) in [5.41, 5.74) is 5.39. The number of aryl methyl sites for hydroxylation is 4. The van der Waals surface area contributed by atoms with Crippen LogP contribution in [0.4, 0.5) is 0 Å². The Bertz CT molecular complexity index is 1380. The van der Waals surface area contributed by atoms with Gasteiger partial charge in [0.2, 0.25) is 0 Å². The van der Waals surface area contributed by atoms with Crippen molar-refractivity contribution in [3.8, 4) is 0 Å². The standard InChI is InChI=1S/C26H31N5OS/c1-5-19-16(4)33-24-21(19)23-28-20(29-31(23)13-27-24)11-25-7-17-6-18(8-25)10-26(9-17,12-25)22-14(2)30-32-15(22)3/h13,17-18H,5-12H2,1-4H3. The summed E-state index contributed by atoms with van der Waals surface area (Å²) in [4.78, 5) is 12.3. The van der Waals surface area contributed by atoms with Crippen LogP contribution in [0.5, 0.6) is 0 Å². The third-order valence-electron chi connectivity index (χ3n) is 9.01. The fourth-order valence-corrected chi connectivity index (χ4v) is 9.71. The largest absolute Gasteiger partial charge is 0.361 e. The van der Waals surface area contributed by atoms with E-state index < -0.39 is 0 Å². The van der Waals surface area contributed by atoms with Gasteiger partial charge in [-0.25, -0.2) is 14.5 Å². The van der Waals surface area contributed by atoms with Gasteiger partial charge < -0.3 is 4.52 Å². The molecule has 4 heterocycles. The molecular weight excluding hydrogens is 430 g/mol. The number of aromatic nitrogens is 5. The van der Waals surface area contributed by atoms with Crippen LogP contribution in [0.1, 0.15) is 78.7 Å². The number of fused-ring (bicyclic) bond motifs is 3. The monoisotopic (exact) mass is 461 g/mol. The smallest absolute Gasteiger partial charge is 0.167 e. The summed E-state index contributed by atoms with van der Waals surface area (Å²) in [7, 11) is 0. The van der Waals surface area contributed by atoms with Crippen molar-refractivity contribution < 1.29 is 4.52 Å². The van der Waals surface area contributed by atoms with Gasteiger partial charge >= 0.3 is 0 Å². The van der Waals surface area contributed by atoms with Crippen LogP contribution >= 0.6 is 11.3 Å². The van der Waals surface area contributed by atoms with Crippen molar-refractivity contribution in [2.75, 3.05) is 0 Å². The molecular formula is C26H31N5OS. The van der Waals surface area contributed by atoms with Crippen molar-refractivity contribution in [3.63, 3.8) is 0 Å². The van der Waals surface area contributed by atoms with Crippen LogP contribution < -0.4 is 0 Å². The second kappa shape index (κ2) is 6.65. The molecule has 8 rings (SSSR count). The van der Waals surface area contributed by atoms with Crippen LogP contribution in [-0.4, -0.2) is 24.7 Å². The Morgan fingerprint density at radius 2 is 1.94 bits per heavy atom. The highest BCUT2D eigenvalue weighted by molar-refractivity contribution is 7.18. The molecule has 33 heavy (non-hydrogen) atoms. The summed E-state index contributed by atoms with van der Waals surface area (Å²) in [6.45, 7) is 8.66. The molecule has 6 nitrogen and oxygen atoms in total. The maximum atomic E-state index is 5.66. The summed E-state index contributed by atoms with van der Waals surface area (Å²) >= 11 is 1.78. The van der Waals surface area contributed by atoms with Crippen LogP contribution in [0.15, 0.2) is 10.9 Å². The molecule has 0 radical (unpaired) electrons. The molecule has 0 saturated heterocycles. The van der Waals surface area contributed by atoms with Gasteiger partial charge in [0.25, 0.3) is 0 Å². The molecule has 7 heteroatoms. The van der Waals surface area contributed by atoms with Gasteiger partial charge in [-0.05, 0) is 88.5 Å². The van der Waals surface area contributed by atoms with E-state index in [9.17, 15) is 0 Å². The molecule has 2 atom stereocenters. The summed E-state index contributed by atoms with van der Waals surface area (Å²) in [6, 6.07) is 0. The van der Waals surface area contributed by atoms with E-state index in [0.29, 0.717) is 0 Å². The normalized spacial score (nSPS) is 30.8. The molecule has 0 amide bonds. The molecule has 4 aromatic heterocycles. The molecule has 4 saturated carbocycles. The van der Waals surface area contributed by atoms with E-state index in [1.807, 2.05) is 10.8 Å². The molecule has 4 bridgehead atoms. The van der Waals surface area contributed by atoms with Gasteiger partial charge in [-0.3, -0.25) is 0 Å². The fourth-order valence-electron chi connectivity index (χ4n) is 8.64. The summed E-state index contributed by atoms with van der Waals surface area (Å²) in [5, 5.41) is 10.5. The molecule has 2 unspecified atom stereocenters. The van der Waals surface area contributed by atoms with Crippen molar-refractivity contribution in [3.05, 3.63) is 39.6 Å². The average Bonchev–Trinajstić information content (AvgIpc) is 3.40. The highest BCUT2D eigenvalue weighted by atomic mass is 32.1. The Hall–Kier alpha value is -2.28. The first-order valence-electron chi connectivity index (χ1n) is 12.4. The first-order chi connectivity index (χ1) is 15.9. The lowest BCUT2D eigenvalue weighted by atomic mass is 9.42. The third kappa shape index (κ3) is 2.77. The average molecular weight is 462 g/mol. The van der Waals surface area contributed by atoms with E-state index in [2.05, 4.69) is 32.9 Å². The number of hydrogen-bond acceptors (Lipinski definition) is 6. The number of hydrogen-bond donors (Lipinski definition) is 0. The van der Waals surface area contributed by atoms with Crippen molar-refractivity contribution in [2.45, 2.75) is 84.5 Å². The van der Waals surface area contributed by atoms with Crippen LogP contribution in [0.3, 0.4) is 0 Å². The van der Waals surface area contributed by atoms with E-state index in [1.165, 1.54) is 59.9 Å². The zero-order chi connectivity index (χ0) is 22.5. The molecule has 4 aliphatic rings. The Morgan fingerprint density at radius 1 is 1.15 bits per heavy atom. The topological polar surface area (TPSA) is 69.1 Å². The van der Waals surface area contributed by atoms with E-state index in [4.69, 9.17) is 19.6 Å². The maximum absolute atomic E-state index is 5.66. The van der Waals surface area contributed by atoms with Gasteiger partial charge in [0.1, 0.15) is 16.9 Å². The number of nitrogens with zero attached hydrogens (tertiary/aromatic N) is 5.